The van der Waals surface area contributed by atoms with Crippen LogP contribution in [0.5, 0.6) is 0 Å². The number of nitro benzene ring substituents is 1. The molecule has 0 saturated carbocycles. The summed E-state index contributed by atoms with van der Waals surface area (Å²) in [5, 5.41) is 13.9. The van der Waals surface area contributed by atoms with E-state index in [0.29, 0.717) is 31.5 Å². The third-order valence-electron chi connectivity index (χ3n) is 8.02. The zero-order chi connectivity index (χ0) is 29.7. The molecule has 0 radical (unpaired) electrons. The molecular weight excluding hydrogens is 534 g/mol. The number of rotatable bonds is 8. The van der Waals surface area contributed by atoms with Gasteiger partial charge >= 0.3 is 0 Å². The summed E-state index contributed by atoms with van der Waals surface area (Å²) in [7, 11) is 0. The Kier molecular flexibility index (Phi) is 8.33. The van der Waals surface area contributed by atoms with Crippen LogP contribution in [0, 0.1) is 10.1 Å². The highest BCUT2D eigenvalue weighted by Gasteiger charge is 2.54. The highest BCUT2D eigenvalue weighted by molar-refractivity contribution is 5.97. The number of hydrogen-bond donors (Lipinski definition) is 1. The van der Waals surface area contributed by atoms with Crippen LogP contribution in [-0.4, -0.2) is 64.3 Å². The Morgan fingerprint density at radius 2 is 1.60 bits per heavy atom. The summed E-state index contributed by atoms with van der Waals surface area (Å²) in [4.78, 5) is 55.7. The number of nitro groups is 1. The van der Waals surface area contributed by atoms with E-state index in [4.69, 9.17) is 0 Å². The quantitative estimate of drug-likeness (QED) is 0.248. The van der Waals surface area contributed by atoms with Gasteiger partial charge in [0.1, 0.15) is 12.1 Å². The third kappa shape index (κ3) is 6.02. The van der Waals surface area contributed by atoms with E-state index in [-0.39, 0.29) is 42.7 Å². The molecule has 1 N–H and O–H groups in total. The lowest BCUT2D eigenvalue weighted by atomic mass is 9.85. The SMILES string of the molecule is CC(NC(=O)CN1CN(c2ccccc2)C2(CCN(C(=O)C=Cc3ccc([N+](=O)[O-])cc3)CC2)C1=O)c1ccccc1. The predicted molar refractivity (Wildman–Crippen MR) is 159 cm³/mol. The lowest BCUT2D eigenvalue weighted by Gasteiger charge is -2.43. The van der Waals surface area contributed by atoms with Gasteiger partial charge in [-0.15, -0.1) is 0 Å². The first-order valence-electron chi connectivity index (χ1n) is 13.9. The van der Waals surface area contributed by atoms with E-state index in [9.17, 15) is 24.5 Å². The van der Waals surface area contributed by atoms with E-state index in [1.165, 1.54) is 18.2 Å². The Morgan fingerprint density at radius 3 is 2.21 bits per heavy atom. The summed E-state index contributed by atoms with van der Waals surface area (Å²) in [6.45, 7) is 2.90. The van der Waals surface area contributed by atoms with Crippen molar-refractivity contribution in [1.29, 1.82) is 0 Å². The van der Waals surface area contributed by atoms with E-state index in [0.717, 1.165) is 11.3 Å². The van der Waals surface area contributed by atoms with Crippen molar-refractivity contribution in [2.24, 2.45) is 0 Å². The minimum atomic E-state index is -0.856. The normalized spacial score (nSPS) is 17.1. The van der Waals surface area contributed by atoms with Crippen molar-refractivity contribution in [2.75, 3.05) is 31.2 Å². The smallest absolute Gasteiger partial charge is 0.269 e. The average Bonchev–Trinajstić information content (AvgIpc) is 3.27. The largest absolute Gasteiger partial charge is 0.348 e. The van der Waals surface area contributed by atoms with Crippen LogP contribution in [0.3, 0.4) is 0 Å². The maximum atomic E-state index is 14.0. The molecule has 2 fully saturated rings. The molecule has 10 nitrogen and oxygen atoms in total. The fraction of sp³-hybridized carbons (Fsp3) is 0.281. The summed E-state index contributed by atoms with van der Waals surface area (Å²) in [5.74, 6) is -0.526. The first-order chi connectivity index (χ1) is 20.3. The second kappa shape index (κ2) is 12.3. The molecule has 42 heavy (non-hydrogen) atoms. The van der Waals surface area contributed by atoms with Gasteiger partial charge < -0.3 is 20.0 Å². The summed E-state index contributed by atoms with van der Waals surface area (Å²) in [5.41, 5.74) is 1.69. The Hall–Kier alpha value is -4.99. The van der Waals surface area contributed by atoms with Crippen LogP contribution in [0.15, 0.2) is 91.0 Å². The van der Waals surface area contributed by atoms with Crippen molar-refractivity contribution >= 4 is 35.2 Å². The second-order valence-corrected chi connectivity index (χ2v) is 10.6. The zero-order valence-corrected chi connectivity index (χ0v) is 23.4. The maximum Gasteiger partial charge on any atom is 0.269 e. The Labute approximate surface area is 244 Å². The fourth-order valence-corrected chi connectivity index (χ4v) is 5.68. The summed E-state index contributed by atoms with van der Waals surface area (Å²) < 4.78 is 0. The number of nitrogens with zero attached hydrogens (tertiary/aromatic N) is 4. The first-order valence-corrected chi connectivity index (χ1v) is 13.9. The van der Waals surface area contributed by atoms with Gasteiger partial charge in [-0.2, -0.15) is 0 Å². The van der Waals surface area contributed by atoms with Gasteiger partial charge in [0.15, 0.2) is 0 Å². The van der Waals surface area contributed by atoms with Gasteiger partial charge in [0.05, 0.1) is 17.6 Å². The average molecular weight is 568 g/mol. The molecule has 0 aliphatic carbocycles. The van der Waals surface area contributed by atoms with Crippen molar-refractivity contribution in [1.82, 2.24) is 15.1 Å². The highest BCUT2D eigenvalue weighted by Crippen LogP contribution is 2.39. The molecule has 0 aromatic heterocycles. The molecule has 2 saturated heterocycles. The van der Waals surface area contributed by atoms with Crippen LogP contribution in [0.4, 0.5) is 11.4 Å². The number of carbonyl (C=O) groups is 3. The van der Waals surface area contributed by atoms with Crippen molar-refractivity contribution < 1.29 is 19.3 Å². The molecule has 3 amide bonds. The van der Waals surface area contributed by atoms with Crippen LogP contribution in [0.1, 0.15) is 36.9 Å². The molecule has 1 unspecified atom stereocenters. The van der Waals surface area contributed by atoms with E-state index >= 15 is 0 Å². The number of anilines is 1. The van der Waals surface area contributed by atoms with Crippen LogP contribution in [0.25, 0.3) is 6.08 Å². The Bertz CT molecular complexity index is 1470. The zero-order valence-electron chi connectivity index (χ0n) is 23.4. The standard InChI is InChI=1S/C32H33N5O5/c1-24(26-8-4-2-5-9-26)33-29(38)22-35-23-36(27-10-6-3-7-11-27)32(31(35)40)18-20-34(21-19-32)30(39)17-14-25-12-15-28(16-13-25)37(41)42/h2-17,24H,18-23H2,1H3,(H,33,38). The number of non-ortho nitro benzene ring substituents is 1. The van der Waals surface area contributed by atoms with Gasteiger partial charge in [0, 0.05) is 37.0 Å². The molecule has 10 heteroatoms. The minimum absolute atomic E-state index is 0.0127. The highest BCUT2D eigenvalue weighted by atomic mass is 16.6. The van der Waals surface area contributed by atoms with E-state index in [2.05, 4.69) is 10.2 Å². The summed E-state index contributed by atoms with van der Waals surface area (Å²) >= 11 is 0. The molecule has 2 aliphatic rings. The Morgan fingerprint density at radius 1 is 0.976 bits per heavy atom. The number of benzene rings is 3. The van der Waals surface area contributed by atoms with Gasteiger partial charge in [-0.05, 0) is 61.2 Å². The molecule has 0 bridgehead atoms. The molecular formula is C32H33N5O5. The number of carbonyl (C=O) groups excluding carboxylic acids is 3. The van der Waals surface area contributed by atoms with Crippen molar-refractivity contribution in [3.8, 4) is 0 Å². The number of para-hydroxylation sites is 1. The number of piperidine rings is 1. The third-order valence-corrected chi connectivity index (χ3v) is 8.02. The first kappa shape index (κ1) is 28.5. The minimum Gasteiger partial charge on any atom is -0.348 e. The van der Waals surface area contributed by atoms with Crippen LogP contribution < -0.4 is 10.2 Å². The molecule has 216 valence electrons. The van der Waals surface area contributed by atoms with Crippen LogP contribution in [0.2, 0.25) is 0 Å². The lowest BCUT2D eigenvalue weighted by molar-refractivity contribution is -0.384. The molecule has 3 aromatic rings. The molecule has 5 rings (SSSR count). The van der Waals surface area contributed by atoms with E-state index in [1.807, 2.05) is 67.6 Å². The molecule has 1 atom stereocenters. The van der Waals surface area contributed by atoms with Crippen LogP contribution in [-0.2, 0) is 14.4 Å². The van der Waals surface area contributed by atoms with Crippen molar-refractivity contribution in [2.45, 2.75) is 31.3 Å². The second-order valence-electron chi connectivity index (χ2n) is 10.6. The fourth-order valence-electron chi connectivity index (χ4n) is 5.68. The topological polar surface area (TPSA) is 116 Å². The lowest BCUT2D eigenvalue weighted by Crippen LogP contribution is -2.57. The number of amides is 3. The molecule has 2 heterocycles. The van der Waals surface area contributed by atoms with Gasteiger partial charge in [-0.25, -0.2) is 0 Å². The molecule has 1 spiro atoms. The van der Waals surface area contributed by atoms with E-state index in [1.54, 1.807) is 28.0 Å². The van der Waals surface area contributed by atoms with Crippen LogP contribution >= 0.6 is 0 Å². The van der Waals surface area contributed by atoms with Gasteiger partial charge in [0.25, 0.3) is 11.6 Å². The van der Waals surface area contributed by atoms with E-state index < -0.39 is 10.5 Å². The monoisotopic (exact) mass is 567 g/mol. The van der Waals surface area contributed by atoms with Gasteiger partial charge in [-0.1, -0.05) is 48.5 Å². The van der Waals surface area contributed by atoms with Gasteiger partial charge in [0.2, 0.25) is 11.8 Å². The molecule has 2 aliphatic heterocycles. The van der Waals surface area contributed by atoms with Gasteiger partial charge in [-0.3, -0.25) is 24.5 Å². The van der Waals surface area contributed by atoms with Crippen molar-refractivity contribution in [3.05, 3.63) is 112 Å². The number of hydrogen-bond acceptors (Lipinski definition) is 6. The Balaban J connectivity index is 1.26. The maximum absolute atomic E-state index is 14.0. The number of nitrogens with one attached hydrogen (secondary N) is 1. The van der Waals surface area contributed by atoms with Crippen molar-refractivity contribution in [3.63, 3.8) is 0 Å². The predicted octanol–water partition coefficient (Wildman–Crippen LogP) is 4.15. The molecule has 3 aromatic carbocycles. The summed E-state index contributed by atoms with van der Waals surface area (Å²) in [6, 6.07) is 25.1. The summed E-state index contributed by atoms with van der Waals surface area (Å²) in [6.07, 6.45) is 3.94. The number of likely N-dealkylation sites (tertiary alicyclic amines) is 1.